The maximum atomic E-state index is 11.7. The molecule has 0 fully saturated rings. The summed E-state index contributed by atoms with van der Waals surface area (Å²) < 4.78 is 5.38. The van der Waals surface area contributed by atoms with Crippen molar-refractivity contribution in [3.05, 3.63) is 34.6 Å². The molecule has 0 spiro atoms. The van der Waals surface area contributed by atoms with Gasteiger partial charge in [0.25, 0.3) is 0 Å². The molecular weight excluding hydrogens is 236 g/mol. The summed E-state index contributed by atoms with van der Waals surface area (Å²) in [6.07, 6.45) is 5.41. The van der Waals surface area contributed by atoms with E-state index in [1.165, 1.54) is 5.57 Å². The zero-order valence-corrected chi connectivity index (χ0v) is 12.4. The van der Waals surface area contributed by atoms with Crippen LogP contribution >= 0.6 is 0 Å². The van der Waals surface area contributed by atoms with Crippen LogP contribution in [0.5, 0.6) is 0 Å². The lowest BCUT2D eigenvalue weighted by Gasteiger charge is -2.48. The van der Waals surface area contributed by atoms with Gasteiger partial charge >= 0.3 is 5.97 Å². The zero-order chi connectivity index (χ0) is 13.9. The third-order valence-electron chi connectivity index (χ3n) is 5.81. The third-order valence-corrected chi connectivity index (χ3v) is 5.81. The number of carbonyl (C=O) groups excluding carboxylic acids is 1. The van der Waals surface area contributed by atoms with Crippen LogP contribution in [0.15, 0.2) is 34.6 Å². The first-order valence-electron chi connectivity index (χ1n) is 7.21. The fourth-order valence-corrected chi connectivity index (χ4v) is 3.79. The zero-order valence-electron chi connectivity index (χ0n) is 12.4. The van der Waals surface area contributed by atoms with Crippen LogP contribution in [-0.4, -0.2) is 5.97 Å². The third kappa shape index (κ3) is 1.58. The molecule has 2 aliphatic carbocycles. The van der Waals surface area contributed by atoms with E-state index in [2.05, 4.69) is 39.8 Å². The Hall–Kier alpha value is -1.31. The van der Waals surface area contributed by atoms with Crippen molar-refractivity contribution < 1.29 is 9.53 Å². The van der Waals surface area contributed by atoms with Gasteiger partial charge in [0.2, 0.25) is 0 Å². The molecule has 3 rings (SSSR count). The molecule has 102 valence electrons. The smallest absolute Gasteiger partial charge is 0.339 e. The standard InChI is InChI=1S/C17H22O2/c1-9-6-13-7-15-14(11(3)16(18)19-15)8-17(13,5)12(4)10(9)2/h6-7,9-10,12H,8H2,1-5H3/t9-,10-,12-,17+/m0/s1. The molecule has 0 saturated carbocycles. The SMILES string of the molecule is CC1=C2C[C@@]3(C)C(=C[C@H](C)[C@H](C)[C@@H]3C)C=C2OC1=O. The molecular formula is C17H22O2. The average molecular weight is 258 g/mol. The van der Waals surface area contributed by atoms with E-state index in [0.717, 1.165) is 23.3 Å². The van der Waals surface area contributed by atoms with Gasteiger partial charge in [0.05, 0.1) is 0 Å². The number of ether oxygens (including phenoxy) is 1. The highest BCUT2D eigenvalue weighted by molar-refractivity contribution is 5.94. The van der Waals surface area contributed by atoms with Crippen molar-refractivity contribution in [1.82, 2.24) is 0 Å². The first kappa shape index (κ1) is 12.7. The Morgan fingerprint density at radius 3 is 2.68 bits per heavy atom. The van der Waals surface area contributed by atoms with Crippen molar-refractivity contribution in [2.45, 2.75) is 41.0 Å². The summed E-state index contributed by atoms with van der Waals surface area (Å²) in [6.45, 7) is 11.2. The summed E-state index contributed by atoms with van der Waals surface area (Å²) in [7, 11) is 0. The van der Waals surface area contributed by atoms with E-state index in [9.17, 15) is 4.79 Å². The summed E-state index contributed by atoms with van der Waals surface area (Å²) in [5.74, 6) is 2.48. The minimum atomic E-state index is -0.169. The van der Waals surface area contributed by atoms with E-state index in [1.54, 1.807) is 0 Å². The molecule has 2 nitrogen and oxygen atoms in total. The predicted octanol–water partition coefficient (Wildman–Crippen LogP) is 4.00. The first-order chi connectivity index (χ1) is 8.84. The van der Waals surface area contributed by atoms with Crippen LogP contribution in [0, 0.1) is 23.2 Å². The van der Waals surface area contributed by atoms with Gasteiger partial charge in [-0.3, -0.25) is 0 Å². The second-order valence-corrected chi connectivity index (χ2v) is 6.72. The van der Waals surface area contributed by atoms with Crippen molar-refractivity contribution >= 4 is 5.97 Å². The van der Waals surface area contributed by atoms with Crippen molar-refractivity contribution in [2.24, 2.45) is 23.2 Å². The highest BCUT2D eigenvalue weighted by Crippen LogP contribution is 2.55. The van der Waals surface area contributed by atoms with Gasteiger partial charge in [-0.15, -0.1) is 0 Å². The first-order valence-corrected chi connectivity index (χ1v) is 7.21. The molecule has 3 aliphatic rings. The maximum Gasteiger partial charge on any atom is 0.339 e. The predicted molar refractivity (Wildman–Crippen MR) is 75.2 cm³/mol. The van der Waals surface area contributed by atoms with Gasteiger partial charge in [-0.05, 0) is 48.2 Å². The summed E-state index contributed by atoms with van der Waals surface area (Å²) in [4.78, 5) is 11.7. The normalized spacial score (nSPS) is 41.3. The lowest BCUT2D eigenvalue weighted by Crippen LogP contribution is -2.39. The molecule has 0 aromatic rings. The molecule has 0 amide bonds. The van der Waals surface area contributed by atoms with Crippen LogP contribution in [0.1, 0.15) is 41.0 Å². The monoisotopic (exact) mass is 258 g/mol. The van der Waals surface area contributed by atoms with Crippen LogP contribution in [0.2, 0.25) is 0 Å². The molecule has 4 atom stereocenters. The largest absolute Gasteiger partial charge is 0.423 e. The van der Waals surface area contributed by atoms with Crippen molar-refractivity contribution in [3.63, 3.8) is 0 Å². The van der Waals surface area contributed by atoms with E-state index in [1.807, 2.05) is 6.92 Å². The Morgan fingerprint density at radius 1 is 1.32 bits per heavy atom. The van der Waals surface area contributed by atoms with Crippen LogP contribution in [0.3, 0.4) is 0 Å². The number of hydrogen-bond acceptors (Lipinski definition) is 2. The number of esters is 1. The Bertz CT molecular complexity index is 550. The number of hydrogen-bond donors (Lipinski definition) is 0. The highest BCUT2D eigenvalue weighted by Gasteiger charge is 2.47. The minimum absolute atomic E-state index is 0.139. The highest BCUT2D eigenvalue weighted by atomic mass is 16.5. The Balaban J connectivity index is 2.15. The van der Waals surface area contributed by atoms with E-state index >= 15 is 0 Å². The van der Waals surface area contributed by atoms with Crippen molar-refractivity contribution in [1.29, 1.82) is 0 Å². The Morgan fingerprint density at radius 2 is 2.00 bits per heavy atom. The lowest BCUT2D eigenvalue weighted by molar-refractivity contribution is -0.133. The number of carbonyl (C=O) groups is 1. The maximum absolute atomic E-state index is 11.7. The molecule has 2 heteroatoms. The van der Waals surface area contributed by atoms with Gasteiger partial charge < -0.3 is 4.74 Å². The summed E-state index contributed by atoms with van der Waals surface area (Å²) in [5, 5.41) is 0. The molecule has 1 aliphatic heterocycles. The fourth-order valence-electron chi connectivity index (χ4n) is 3.79. The Kier molecular flexibility index (Phi) is 2.57. The van der Waals surface area contributed by atoms with Crippen molar-refractivity contribution in [2.75, 3.05) is 0 Å². The van der Waals surface area contributed by atoms with Crippen LogP contribution < -0.4 is 0 Å². The molecule has 1 heterocycles. The summed E-state index contributed by atoms with van der Waals surface area (Å²) in [5.41, 5.74) is 3.41. The number of allylic oxidation sites excluding steroid dienone is 4. The lowest BCUT2D eigenvalue weighted by atomic mass is 9.56. The molecule has 0 aromatic carbocycles. The van der Waals surface area contributed by atoms with Gasteiger partial charge in [0, 0.05) is 11.1 Å². The second-order valence-electron chi connectivity index (χ2n) is 6.72. The molecule has 0 saturated heterocycles. The van der Waals surface area contributed by atoms with Gasteiger partial charge in [-0.25, -0.2) is 4.79 Å². The minimum Gasteiger partial charge on any atom is -0.423 e. The molecule has 0 bridgehead atoms. The van der Waals surface area contributed by atoms with Crippen LogP contribution in [0.4, 0.5) is 0 Å². The number of rotatable bonds is 0. The number of fused-ring (bicyclic) bond motifs is 2. The van der Waals surface area contributed by atoms with E-state index in [-0.39, 0.29) is 11.4 Å². The van der Waals surface area contributed by atoms with Gasteiger partial charge in [-0.2, -0.15) is 0 Å². The van der Waals surface area contributed by atoms with E-state index in [4.69, 9.17) is 4.74 Å². The quantitative estimate of drug-likeness (QED) is 0.614. The molecule has 0 N–H and O–H groups in total. The van der Waals surface area contributed by atoms with Gasteiger partial charge in [-0.1, -0.05) is 33.8 Å². The van der Waals surface area contributed by atoms with Gasteiger partial charge in [0.15, 0.2) is 0 Å². The summed E-state index contributed by atoms with van der Waals surface area (Å²) in [6, 6.07) is 0. The molecule has 0 unspecified atom stereocenters. The Labute approximate surface area is 115 Å². The second kappa shape index (κ2) is 3.84. The molecule has 0 radical (unpaired) electrons. The molecule has 0 aromatic heterocycles. The topological polar surface area (TPSA) is 26.3 Å². The van der Waals surface area contributed by atoms with E-state index < -0.39 is 0 Å². The van der Waals surface area contributed by atoms with Crippen LogP contribution in [-0.2, 0) is 9.53 Å². The average Bonchev–Trinajstić information content (AvgIpc) is 2.62. The van der Waals surface area contributed by atoms with Crippen molar-refractivity contribution in [3.8, 4) is 0 Å². The van der Waals surface area contributed by atoms with Crippen LogP contribution in [0.25, 0.3) is 0 Å². The summed E-state index contributed by atoms with van der Waals surface area (Å²) >= 11 is 0. The molecule has 19 heavy (non-hydrogen) atoms. The van der Waals surface area contributed by atoms with Gasteiger partial charge in [0.1, 0.15) is 5.76 Å². The van der Waals surface area contributed by atoms with E-state index in [0.29, 0.717) is 17.8 Å². The fraction of sp³-hybridized carbons (Fsp3) is 0.588.